The van der Waals surface area contributed by atoms with E-state index in [1.54, 1.807) is 7.11 Å². The van der Waals surface area contributed by atoms with E-state index >= 15 is 0 Å². The molecule has 1 aliphatic carbocycles. The molecule has 4 aromatic rings. The number of carbonyl (C=O) groups is 2. The maximum absolute atomic E-state index is 13.8. The lowest BCUT2D eigenvalue weighted by molar-refractivity contribution is -0.122. The van der Waals surface area contributed by atoms with Crippen LogP contribution in [0.15, 0.2) is 72.8 Å². The summed E-state index contributed by atoms with van der Waals surface area (Å²) >= 11 is 0. The number of carbonyl (C=O) groups excluding carboxylic acids is 2. The molecule has 0 radical (unpaired) electrons. The van der Waals surface area contributed by atoms with Gasteiger partial charge in [-0.15, -0.1) is 0 Å². The molecule has 6 rings (SSSR count). The molecule has 0 spiro atoms. The number of methoxy groups -OCH3 is 1. The van der Waals surface area contributed by atoms with Gasteiger partial charge in [0.05, 0.1) is 18.8 Å². The maximum Gasteiger partial charge on any atom is 0.255 e. The van der Waals surface area contributed by atoms with Crippen molar-refractivity contribution in [2.24, 2.45) is 0 Å². The second-order valence-electron chi connectivity index (χ2n) is 10.3. The molecule has 3 aromatic carbocycles. The van der Waals surface area contributed by atoms with Crippen molar-refractivity contribution in [3.05, 3.63) is 89.5 Å². The monoisotopic (exact) mass is 507 g/mol. The van der Waals surface area contributed by atoms with Crippen LogP contribution in [0.3, 0.4) is 0 Å². The van der Waals surface area contributed by atoms with E-state index in [1.165, 1.54) is 19.3 Å². The number of fused-ring (bicyclic) bond motifs is 2. The number of hydrogen-bond donors (Lipinski definition) is 2. The Morgan fingerprint density at radius 3 is 2.63 bits per heavy atom. The first kappa shape index (κ1) is 24.3. The highest BCUT2D eigenvalue weighted by Crippen LogP contribution is 2.45. The molecule has 1 fully saturated rings. The average molecular weight is 508 g/mol. The standard InChI is InChI=1S/C32H33N3O3/c1-38-23-13-9-10-21(20-23)30-29(26-16-7-8-17-27(26)34-30)31-24-14-5-6-15-25(24)32(37)35(31)19-18-28(36)33-22-11-3-2-4-12-22/h5-10,13-17,20,22,31,34H,2-4,11-12,18-19H2,1H3,(H,33,36). The van der Waals surface area contributed by atoms with Crippen molar-refractivity contribution in [2.45, 2.75) is 50.6 Å². The Morgan fingerprint density at radius 2 is 1.79 bits per heavy atom. The summed E-state index contributed by atoms with van der Waals surface area (Å²) in [7, 11) is 1.66. The predicted molar refractivity (Wildman–Crippen MR) is 149 cm³/mol. The first-order chi connectivity index (χ1) is 18.6. The number of rotatable bonds is 7. The van der Waals surface area contributed by atoms with Crippen molar-refractivity contribution in [3.63, 3.8) is 0 Å². The lowest BCUT2D eigenvalue weighted by Crippen LogP contribution is -2.39. The van der Waals surface area contributed by atoms with E-state index in [1.807, 2.05) is 59.5 Å². The molecule has 0 bridgehead atoms. The zero-order valence-electron chi connectivity index (χ0n) is 21.7. The minimum atomic E-state index is -0.307. The second-order valence-corrected chi connectivity index (χ2v) is 10.3. The van der Waals surface area contributed by atoms with Crippen LogP contribution in [-0.4, -0.2) is 41.4 Å². The van der Waals surface area contributed by atoms with E-state index < -0.39 is 0 Å². The Hall–Kier alpha value is -4.06. The van der Waals surface area contributed by atoms with Crippen LogP contribution in [0, 0.1) is 0 Å². The highest BCUT2D eigenvalue weighted by Gasteiger charge is 2.40. The molecule has 1 unspecified atom stereocenters. The van der Waals surface area contributed by atoms with Crippen LogP contribution in [0.25, 0.3) is 22.2 Å². The van der Waals surface area contributed by atoms with Crippen LogP contribution < -0.4 is 10.1 Å². The van der Waals surface area contributed by atoms with Crippen LogP contribution in [-0.2, 0) is 4.79 Å². The molecule has 6 nitrogen and oxygen atoms in total. The van der Waals surface area contributed by atoms with Gasteiger partial charge < -0.3 is 19.9 Å². The minimum absolute atomic E-state index is 0.0198. The summed E-state index contributed by atoms with van der Waals surface area (Å²) in [5.41, 5.74) is 5.66. The molecule has 194 valence electrons. The van der Waals surface area contributed by atoms with Gasteiger partial charge in [0.25, 0.3) is 5.91 Å². The first-order valence-electron chi connectivity index (χ1n) is 13.6. The SMILES string of the molecule is COc1cccc(-c2[nH]c3ccccc3c2C2c3ccccc3C(=O)N2CCC(=O)NC2CCCCC2)c1. The molecule has 2 N–H and O–H groups in total. The molecular weight excluding hydrogens is 474 g/mol. The van der Waals surface area contributed by atoms with Crippen LogP contribution in [0.1, 0.15) is 66.1 Å². The van der Waals surface area contributed by atoms with E-state index in [9.17, 15) is 9.59 Å². The molecule has 2 aliphatic rings. The number of amides is 2. The van der Waals surface area contributed by atoms with E-state index in [4.69, 9.17) is 4.74 Å². The topological polar surface area (TPSA) is 74.4 Å². The molecule has 2 heterocycles. The number of aromatic amines is 1. The van der Waals surface area contributed by atoms with Gasteiger partial charge in [-0.25, -0.2) is 0 Å². The highest BCUT2D eigenvalue weighted by molar-refractivity contribution is 6.02. The lowest BCUT2D eigenvalue weighted by Gasteiger charge is -2.27. The number of hydrogen-bond acceptors (Lipinski definition) is 3. The number of benzene rings is 3. The van der Waals surface area contributed by atoms with Crippen molar-refractivity contribution >= 4 is 22.7 Å². The van der Waals surface area contributed by atoms with Gasteiger partial charge in [-0.05, 0) is 42.7 Å². The summed E-state index contributed by atoms with van der Waals surface area (Å²) < 4.78 is 5.51. The van der Waals surface area contributed by atoms with Gasteiger partial charge in [0.2, 0.25) is 5.91 Å². The minimum Gasteiger partial charge on any atom is -0.497 e. The molecular formula is C32H33N3O3. The van der Waals surface area contributed by atoms with Gasteiger partial charge in [0.15, 0.2) is 0 Å². The quantitative estimate of drug-likeness (QED) is 0.312. The number of ether oxygens (including phenoxy) is 1. The van der Waals surface area contributed by atoms with Gasteiger partial charge in [-0.3, -0.25) is 9.59 Å². The third-order valence-electron chi connectivity index (χ3n) is 7.99. The largest absolute Gasteiger partial charge is 0.497 e. The van der Waals surface area contributed by atoms with Crippen LogP contribution in [0.2, 0.25) is 0 Å². The number of aromatic nitrogens is 1. The molecule has 1 atom stereocenters. The lowest BCUT2D eigenvalue weighted by atomic mass is 9.93. The summed E-state index contributed by atoms with van der Waals surface area (Å²) in [5.74, 6) is 0.760. The zero-order chi connectivity index (χ0) is 26.1. The third kappa shape index (κ3) is 4.44. The second kappa shape index (κ2) is 10.4. The van der Waals surface area contributed by atoms with Crippen molar-refractivity contribution < 1.29 is 14.3 Å². The van der Waals surface area contributed by atoms with Crippen molar-refractivity contribution in [1.82, 2.24) is 15.2 Å². The number of nitrogens with zero attached hydrogens (tertiary/aromatic N) is 1. The Balaban J connectivity index is 1.40. The van der Waals surface area contributed by atoms with Gasteiger partial charge >= 0.3 is 0 Å². The molecule has 1 aliphatic heterocycles. The van der Waals surface area contributed by atoms with Crippen LogP contribution in [0.5, 0.6) is 5.75 Å². The first-order valence-corrected chi connectivity index (χ1v) is 13.6. The van der Waals surface area contributed by atoms with Gasteiger partial charge in [-0.1, -0.05) is 67.8 Å². The van der Waals surface area contributed by atoms with Gasteiger partial charge in [0, 0.05) is 46.6 Å². The number of para-hydroxylation sites is 1. The van der Waals surface area contributed by atoms with Crippen LogP contribution >= 0.6 is 0 Å². The van der Waals surface area contributed by atoms with E-state index in [0.29, 0.717) is 12.1 Å². The smallest absolute Gasteiger partial charge is 0.255 e. The van der Waals surface area contributed by atoms with Gasteiger partial charge in [-0.2, -0.15) is 0 Å². The van der Waals surface area contributed by atoms with Crippen molar-refractivity contribution in [3.8, 4) is 17.0 Å². The number of H-pyrrole nitrogens is 1. The van der Waals surface area contributed by atoms with Crippen LogP contribution in [0.4, 0.5) is 0 Å². The van der Waals surface area contributed by atoms with E-state index in [2.05, 4.69) is 28.5 Å². The fraction of sp³-hybridized carbons (Fsp3) is 0.312. The number of nitrogens with one attached hydrogen (secondary N) is 2. The Morgan fingerprint density at radius 1 is 1.00 bits per heavy atom. The molecule has 0 saturated heterocycles. The normalized spacial score (nSPS) is 17.6. The zero-order valence-corrected chi connectivity index (χ0v) is 21.7. The molecule has 38 heavy (non-hydrogen) atoms. The molecule has 1 aromatic heterocycles. The Labute approximate surface area is 223 Å². The molecule has 6 heteroatoms. The third-order valence-corrected chi connectivity index (χ3v) is 7.99. The summed E-state index contributed by atoms with van der Waals surface area (Å²) in [4.78, 5) is 32.2. The summed E-state index contributed by atoms with van der Waals surface area (Å²) in [6.45, 7) is 0.355. The predicted octanol–water partition coefficient (Wildman–Crippen LogP) is 6.23. The summed E-state index contributed by atoms with van der Waals surface area (Å²) in [6.07, 6.45) is 5.95. The highest BCUT2D eigenvalue weighted by atomic mass is 16.5. The fourth-order valence-electron chi connectivity index (χ4n) is 6.13. The molecule has 2 amide bonds. The van der Waals surface area contributed by atoms with Crippen molar-refractivity contribution in [1.29, 1.82) is 0 Å². The maximum atomic E-state index is 13.8. The van der Waals surface area contributed by atoms with E-state index in [-0.39, 0.29) is 30.3 Å². The van der Waals surface area contributed by atoms with Crippen molar-refractivity contribution in [2.75, 3.05) is 13.7 Å². The summed E-state index contributed by atoms with van der Waals surface area (Å²) in [5, 5.41) is 4.28. The average Bonchev–Trinajstić information content (AvgIpc) is 3.47. The van der Waals surface area contributed by atoms with E-state index in [0.717, 1.165) is 51.9 Å². The Bertz CT molecular complexity index is 1480. The fourth-order valence-corrected chi connectivity index (χ4v) is 6.13. The molecule has 1 saturated carbocycles. The Kier molecular flexibility index (Phi) is 6.62. The van der Waals surface area contributed by atoms with Gasteiger partial charge in [0.1, 0.15) is 5.75 Å². The summed E-state index contributed by atoms with van der Waals surface area (Å²) in [6, 6.07) is 24.0.